The predicted molar refractivity (Wildman–Crippen MR) is 55.3 cm³/mol. The normalized spacial score (nSPS) is 13.8. The van der Waals surface area contributed by atoms with Gasteiger partial charge in [0.2, 0.25) is 0 Å². The van der Waals surface area contributed by atoms with E-state index < -0.39 is 0 Å². The van der Waals surface area contributed by atoms with Crippen LogP contribution in [0.4, 0.5) is 0 Å². The molecule has 1 atom stereocenters. The summed E-state index contributed by atoms with van der Waals surface area (Å²) in [6, 6.07) is 10.1. The molecule has 0 saturated carbocycles. The zero-order chi connectivity index (χ0) is 9.68. The summed E-state index contributed by atoms with van der Waals surface area (Å²) in [6.07, 6.45) is 2.93. The first kappa shape index (κ1) is 9.72. The van der Waals surface area contributed by atoms with Crippen LogP contribution in [0.25, 0.3) is 5.57 Å². The zero-order valence-electron chi connectivity index (χ0n) is 8.03. The van der Waals surface area contributed by atoms with Gasteiger partial charge in [0.05, 0.1) is 0 Å². The Bertz CT molecular complexity index is 298. The van der Waals surface area contributed by atoms with E-state index in [1.54, 1.807) is 0 Å². The van der Waals surface area contributed by atoms with Crippen molar-refractivity contribution in [3.8, 4) is 0 Å². The molecule has 0 amide bonds. The Morgan fingerprint density at radius 1 is 1.31 bits per heavy atom. The highest BCUT2D eigenvalue weighted by Gasteiger charge is 1.97. The first-order chi connectivity index (χ1) is 6.24. The average Bonchev–Trinajstić information content (AvgIpc) is 2.19. The van der Waals surface area contributed by atoms with Crippen LogP contribution >= 0.6 is 0 Å². The zero-order valence-corrected chi connectivity index (χ0v) is 8.03. The molecular weight excluding hydrogens is 160 g/mol. The van der Waals surface area contributed by atoms with E-state index in [0.717, 1.165) is 11.9 Å². The quantitative estimate of drug-likeness (QED) is 0.644. The minimum Gasteiger partial charge on any atom is -0.303 e. The van der Waals surface area contributed by atoms with Gasteiger partial charge in [-0.25, -0.2) is 0 Å². The highest BCUT2D eigenvalue weighted by molar-refractivity contribution is 5.68. The number of benzene rings is 1. The summed E-state index contributed by atoms with van der Waals surface area (Å²) in [7, 11) is 0. The van der Waals surface area contributed by atoms with E-state index in [4.69, 9.17) is 0 Å². The minimum absolute atomic E-state index is 0.000191. The van der Waals surface area contributed by atoms with Crippen LogP contribution in [-0.4, -0.2) is 6.29 Å². The number of rotatable bonds is 3. The van der Waals surface area contributed by atoms with E-state index in [1.165, 1.54) is 5.56 Å². The van der Waals surface area contributed by atoms with E-state index >= 15 is 0 Å². The third-order valence-electron chi connectivity index (χ3n) is 1.96. The maximum atomic E-state index is 10.4. The molecular formula is C12H14O. The van der Waals surface area contributed by atoms with Gasteiger partial charge < -0.3 is 4.79 Å². The maximum absolute atomic E-state index is 10.4. The molecule has 1 aromatic carbocycles. The van der Waals surface area contributed by atoms with Crippen molar-refractivity contribution in [3.05, 3.63) is 42.0 Å². The van der Waals surface area contributed by atoms with Crippen molar-refractivity contribution in [1.82, 2.24) is 0 Å². The number of allylic oxidation sites excluding steroid dienone is 2. The lowest BCUT2D eigenvalue weighted by atomic mass is 10.0. The molecule has 1 heteroatoms. The van der Waals surface area contributed by atoms with Crippen LogP contribution < -0.4 is 0 Å². The van der Waals surface area contributed by atoms with Gasteiger partial charge in [0.15, 0.2) is 0 Å². The molecule has 0 aliphatic carbocycles. The lowest BCUT2D eigenvalue weighted by molar-refractivity contribution is -0.109. The number of hydrogen-bond acceptors (Lipinski definition) is 1. The van der Waals surface area contributed by atoms with E-state index in [2.05, 4.69) is 0 Å². The van der Waals surface area contributed by atoms with Gasteiger partial charge in [0.25, 0.3) is 0 Å². The Morgan fingerprint density at radius 3 is 2.46 bits per heavy atom. The van der Waals surface area contributed by atoms with Gasteiger partial charge >= 0.3 is 0 Å². The molecule has 0 aliphatic rings. The summed E-state index contributed by atoms with van der Waals surface area (Å²) in [5.74, 6) is 0.000191. The third-order valence-corrected chi connectivity index (χ3v) is 1.96. The van der Waals surface area contributed by atoms with Crippen LogP contribution in [0, 0.1) is 5.92 Å². The molecule has 0 radical (unpaired) electrons. The molecule has 68 valence electrons. The predicted octanol–water partition coefficient (Wildman–Crippen LogP) is 2.92. The molecule has 0 spiro atoms. The van der Waals surface area contributed by atoms with Gasteiger partial charge in [-0.05, 0) is 18.1 Å². The molecule has 0 aliphatic heterocycles. The van der Waals surface area contributed by atoms with Gasteiger partial charge in [-0.3, -0.25) is 0 Å². The van der Waals surface area contributed by atoms with Gasteiger partial charge in [-0.2, -0.15) is 0 Å². The highest BCUT2D eigenvalue weighted by Crippen LogP contribution is 2.14. The fourth-order valence-corrected chi connectivity index (χ4v) is 1.23. The highest BCUT2D eigenvalue weighted by atomic mass is 16.1. The van der Waals surface area contributed by atoms with Gasteiger partial charge in [0.1, 0.15) is 6.29 Å². The van der Waals surface area contributed by atoms with Crippen LogP contribution in [0.3, 0.4) is 0 Å². The fraction of sp³-hybridized carbons (Fsp3) is 0.250. The summed E-state index contributed by atoms with van der Waals surface area (Å²) in [4.78, 5) is 10.4. The van der Waals surface area contributed by atoms with Crippen molar-refractivity contribution in [2.45, 2.75) is 13.8 Å². The average molecular weight is 174 g/mol. The van der Waals surface area contributed by atoms with Crippen LogP contribution in [0.5, 0.6) is 0 Å². The Balaban J connectivity index is 2.84. The van der Waals surface area contributed by atoms with Crippen molar-refractivity contribution in [2.24, 2.45) is 5.92 Å². The van der Waals surface area contributed by atoms with Gasteiger partial charge in [-0.15, -0.1) is 0 Å². The molecule has 0 heterocycles. The van der Waals surface area contributed by atoms with Crippen LogP contribution in [0.15, 0.2) is 36.4 Å². The second-order valence-corrected chi connectivity index (χ2v) is 3.21. The number of carbonyl (C=O) groups is 1. The summed E-state index contributed by atoms with van der Waals surface area (Å²) < 4.78 is 0. The van der Waals surface area contributed by atoms with Gasteiger partial charge in [-0.1, -0.05) is 43.3 Å². The molecule has 0 N–H and O–H groups in total. The number of hydrogen-bond donors (Lipinski definition) is 0. The van der Waals surface area contributed by atoms with E-state index in [1.807, 2.05) is 50.3 Å². The van der Waals surface area contributed by atoms with Crippen LogP contribution in [0.2, 0.25) is 0 Å². The number of carbonyl (C=O) groups excluding carboxylic acids is 1. The molecule has 0 bridgehead atoms. The van der Waals surface area contributed by atoms with Crippen molar-refractivity contribution >= 4 is 11.9 Å². The SMILES string of the molecule is C/C(=C/C(C)C=O)c1ccccc1. The second-order valence-electron chi connectivity index (χ2n) is 3.21. The summed E-state index contributed by atoms with van der Waals surface area (Å²) in [6.45, 7) is 3.91. The Labute approximate surface area is 79.1 Å². The summed E-state index contributed by atoms with van der Waals surface area (Å²) in [5.41, 5.74) is 2.33. The topological polar surface area (TPSA) is 17.1 Å². The van der Waals surface area contributed by atoms with Crippen molar-refractivity contribution in [1.29, 1.82) is 0 Å². The van der Waals surface area contributed by atoms with Gasteiger partial charge in [0, 0.05) is 5.92 Å². The monoisotopic (exact) mass is 174 g/mol. The first-order valence-electron chi connectivity index (χ1n) is 4.43. The molecule has 1 aromatic rings. The molecule has 1 nitrogen and oxygen atoms in total. The third kappa shape index (κ3) is 2.86. The molecule has 0 fully saturated rings. The molecule has 1 rings (SSSR count). The second kappa shape index (κ2) is 4.61. The van der Waals surface area contributed by atoms with E-state index in [-0.39, 0.29) is 5.92 Å². The number of aldehydes is 1. The fourth-order valence-electron chi connectivity index (χ4n) is 1.23. The van der Waals surface area contributed by atoms with Crippen LogP contribution in [0.1, 0.15) is 19.4 Å². The largest absolute Gasteiger partial charge is 0.303 e. The van der Waals surface area contributed by atoms with Crippen molar-refractivity contribution < 1.29 is 4.79 Å². The Hall–Kier alpha value is -1.37. The summed E-state index contributed by atoms with van der Waals surface area (Å²) in [5, 5.41) is 0. The lowest BCUT2D eigenvalue weighted by Gasteiger charge is -2.02. The van der Waals surface area contributed by atoms with Crippen molar-refractivity contribution in [3.63, 3.8) is 0 Å². The lowest BCUT2D eigenvalue weighted by Crippen LogP contribution is -1.91. The van der Waals surface area contributed by atoms with Crippen molar-refractivity contribution in [2.75, 3.05) is 0 Å². The van der Waals surface area contributed by atoms with E-state index in [9.17, 15) is 4.79 Å². The van der Waals surface area contributed by atoms with Crippen LogP contribution in [-0.2, 0) is 4.79 Å². The minimum atomic E-state index is 0.000191. The molecule has 0 aromatic heterocycles. The first-order valence-corrected chi connectivity index (χ1v) is 4.43. The van der Waals surface area contributed by atoms with E-state index in [0.29, 0.717) is 0 Å². The standard InChI is InChI=1S/C12H14O/c1-10(9-13)8-11(2)12-6-4-3-5-7-12/h3-10H,1-2H3/b11-8-. The summed E-state index contributed by atoms with van der Waals surface area (Å²) >= 11 is 0. The maximum Gasteiger partial charge on any atom is 0.126 e. The smallest absolute Gasteiger partial charge is 0.126 e. The Kier molecular flexibility index (Phi) is 3.44. The molecule has 0 saturated heterocycles. The molecule has 1 unspecified atom stereocenters. The Morgan fingerprint density at radius 2 is 1.92 bits per heavy atom. The molecule has 13 heavy (non-hydrogen) atoms.